The first kappa shape index (κ1) is 11.7. The van der Waals surface area contributed by atoms with Gasteiger partial charge in [0, 0.05) is 11.3 Å². The minimum atomic E-state index is -0.356. The number of benzene rings is 1. The molecular formula is C15H19NO2. The molecule has 0 aromatic heterocycles. The first-order valence-corrected chi connectivity index (χ1v) is 6.91. The maximum Gasteiger partial charge on any atom is 0.221 e. The monoisotopic (exact) mass is 245 g/mol. The van der Waals surface area contributed by atoms with Crippen LogP contribution in [0.4, 0.5) is 0 Å². The molecule has 0 radical (unpaired) electrons. The van der Waals surface area contributed by atoms with Gasteiger partial charge < -0.3 is 0 Å². The van der Waals surface area contributed by atoms with Crippen LogP contribution in [0.25, 0.3) is 0 Å². The summed E-state index contributed by atoms with van der Waals surface area (Å²) in [4.78, 5) is 11.1. The molecule has 0 amide bonds. The van der Waals surface area contributed by atoms with Gasteiger partial charge in [-0.2, -0.15) is 0 Å². The van der Waals surface area contributed by atoms with Crippen LogP contribution in [0.5, 0.6) is 0 Å². The largest absolute Gasteiger partial charge is 0.264 e. The van der Waals surface area contributed by atoms with Crippen LogP contribution in [0.3, 0.4) is 0 Å². The summed E-state index contributed by atoms with van der Waals surface area (Å²) in [7, 11) is 0. The van der Waals surface area contributed by atoms with E-state index in [4.69, 9.17) is 0 Å². The van der Waals surface area contributed by atoms with Gasteiger partial charge in [-0.05, 0) is 23.8 Å². The molecule has 0 heterocycles. The predicted molar refractivity (Wildman–Crippen MR) is 70.1 cm³/mol. The first-order chi connectivity index (χ1) is 8.73. The van der Waals surface area contributed by atoms with Crippen molar-refractivity contribution in [2.45, 2.75) is 50.5 Å². The van der Waals surface area contributed by atoms with E-state index < -0.39 is 0 Å². The third-order valence-corrected chi connectivity index (χ3v) is 4.94. The molecule has 0 aliphatic heterocycles. The van der Waals surface area contributed by atoms with Crippen molar-refractivity contribution in [1.82, 2.24) is 0 Å². The smallest absolute Gasteiger partial charge is 0.221 e. The minimum absolute atomic E-state index is 0.0580. The van der Waals surface area contributed by atoms with Gasteiger partial charge in [0.05, 0.1) is 5.92 Å². The molecule has 1 aromatic carbocycles. The van der Waals surface area contributed by atoms with Crippen molar-refractivity contribution in [1.29, 1.82) is 0 Å². The molecule has 0 unspecified atom stereocenters. The molecule has 1 spiro atoms. The third-order valence-electron chi connectivity index (χ3n) is 4.94. The Morgan fingerprint density at radius 2 is 1.78 bits per heavy atom. The van der Waals surface area contributed by atoms with Gasteiger partial charge in [-0.1, -0.05) is 49.6 Å². The summed E-state index contributed by atoms with van der Waals surface area (Å²) in [6.07, 6.45) is 6.93. The summed E-state index contributed by atoms with van der Waals surface area (Å²) in [5.41, 5.74) is 1.41. The van der Waals surface area contributed by atoms with Gasteiger partial charge in [-0.3, -0.25) is 10.1 Å². The predicted octanol–water partition coefficient (Wildman–Crippen LogP) is 3.77. The van der Waals surface area contributed by atoms with Crippen LogP contribution < -0.4 is 0 Å². The van der Waals surface area contributed by atoms with Gasteiger partial charge in [-0.15, -0.1) is 0 Å². The highest BCUT2D eigenvalue weighted by atomic mass is 16.6. The summed E-state index contributed by atoms with van der Waals surface area (Å²) in [5.74, 6) is 0.147. The zero-order valence-corrected chi connectivity index (χ0v) is 10.5. The molecule has 0 saturated heterocycles. The van der Waals surface area contributed by atoms with E-state index in [1.807, 2.05) is 18.2 Å². The van der Waals surface area contributed by atoms with E-state index in [-0.39, 0.29) is 22.3 Å². The van der Waals surface area contributed by atoms with Crippen molar-refractivity contribution in [3.63, 3.8) is 0 Å². The van der Waals surface area contributed by atoms with Crippen molar-refractivity contribution in [3.8, 4) is 0 Å². The molecule has 2 saturated carbocycles. The van der Waals surface area contributed by atoms with Gasteiger partial charge in [0.1, 0.15) is 0 Å². The zero-order chi connectivity index (χ0) is 12.6. The van der Waals surface area contributed by atoms with E-state index in [1.165, 1.54) is 37.7 Å². The molecule has 2 aliphatic carbocycles. The Morgan fingerprint density at radius 1 is 1.11 bits per heavy atom. The van der Waals surface area contributed by atoms with E-state index in [1.54, 1.807) is 0 Å². The van der Waals surface area contributed by atoms with E-state index in [0.717, 1.165) is 6.42 Å². The van der Waals surface area contributed by atoms with Gasteiger partial charge >= 0.3 is 0 Å². The van der Waals surface area contributed by atoms with Crippen LogP contribution in [-0.2, 0) is 0 Å². The maximum atomic E-state index is 11.2. The fraction of sp³-hybridized carbons (Fsp3) is 0.600. The topological polar surface area (TPSA) is 43.1 Å². The van der Waals surface area contributed by atoms with Crippen LogP contribution >= 0.6 is 0 Å². The zero-order valence-electron chi connectivity index (χ0n) is 10.5. The van der Waals surface area contributed by atoms with E-state index in [9.17, 15) is 10.1 Å². The Balaban J connectivity index is 1.91. The summed E-state index contributed by atoms with van der Waals surface area (Å²) in [6, 6.07) is 9.76. The van der Waals surface area contributed by atoms with Gasteiger partial charge in [0.25, 0.3) is 0 Å². The van der Waals surface area contributed by atoms with Crippen LogP contribution in [0.1, 0.15) is 50.0 Å². The molecule has 0 bridgehead atoms. The van der Waals surface area contributed by atoms with Gasteiger partial charge in [0.2, 0.25) is 6.04 Å². The number of rotatable bonds is 2. The van der Waals surface area contributed by atoms with Gasteiger partial charge in [0.15, 0.2) is 0 Å². The quantitative estimate of drug-likeness (QED) is 0.588. The van der Waals surface area contributed by atoms with Crippen molar-refractivity contribution in [3.05, 3.63) is 46.0 Å². The molecular weight excluding hydrogens is 226 g/mol. The lowest BCUT2D eigenvalue weighted by molar-refractivity contribution is -0.553. The maximum absolute atomic E-state index is 11.2. The van der Waals surface area contributed by atoms with Crippen molar-refractivity contribution < 1.29 is 4.92 Å². The van der Waals surface area contributed by atoms with E-state index >= 15 is 0 Å². The Kier molecular flexibility index (Phi) is 2.84. The van der Waals surface area contributed by atoms with Crippen LogP contribution in [-0.4, -0.2) is 11.0 Å². The Bertz CT molecular complexity index is 437. The fourth-order valence-electron chi connectivity index (χ4n) is 4.11. The molecule has 18 heavy (non-hydrogen) atoms. The summed E-state index contributed by atoms with van der Waals surface area (Å²) >= 11 is 0. The minimum Gasteiger partial charge on any atom is -0.264 e. The number of nitrogens with zero attached hydrogens (tertiary/aromatic N) is 1. The summed E-state index contributed by atoms with van der Waals surface area (Å²) in [6.45, 7) is 0. The van der Waals surface area contributed by atoms with Gasteiger partial charge in [-0.25, -0.2) is 0 Å². The molecule has 96 valence electrons. The number of hydrogen-bond donors (Lipinski definition) is 0. The van der Waals surface area contributed by atoms with Crippen molar-refractivity contribution >= 4 is 0 Å². The van der Waals surface area contributed by atoms with Crippen LogP contribution in [0.2, 0.25) is 0 Å². The lowest BCUT2D eigenvalue weighted by atomic mass is 9.50. The Hall–Kier alpha value is -1.38. The van der Waals surface area contributed by atoms with E-state index in [2.05, 4.69) is 12.1 Å². The molecule has 2 aliphatic rings. The molecule has 2 fully saturated rings. The molecule has 0 N–H and O–H groups in total. The molecule has 3 rings (SSSR count). The summed E-state index contributed by atoms with van der Waals surface area (Å²) < 4.78 is 0. The second-order valence-electron chi connectivity index (χ2n) is 5.87. The Labute approximate surface area is 107 Å². The highest BCUT2D eigenvalue weighted by Crippen LogP contribution is 2.61. The van der Waals surface area contributed by atoms with Crippen molar-refractivity contribution in [2.24, 2.45) is 5.41 Å². The Morgan fingerprint density at radius 3 is 2.39 bits per heavy atom. The lowest BCUT2D eigenvalue weighted by Gasteiger charge is -2.53. The molecule has 1 aromatic rings. The number of nitro groups is 1. The van der Waals surface area contributed by atoms with Crippen molar-refractivity contribution in [2.75, 3.05) is 0 Å². The highest BCUT2D eigenvalue weighted by Gasteiger charge is 2.60. The number of hydrogen-bond acceptors (Lipinski definition) is 2. The van der Waals surface area contributed by atoms with Crippen LogP contribution in [0, 0.1) is 15.5 Å². The average Bonchev–Trinajstić information content (AvgIpc) is 2.38. The molecule has 3 nitrogen and oxygen atoms in total. The average molecular weight is 245 g/mol. The van der Waals surface area contributed by atoms with E-state index in [0.29, 0.717) is 0 Å². The standard InChI is InChI=1S/C15H19NO2/c17-16(18)13-11-15(9-5-2-6-10-15)14(13)12-7-3-1-4-8-12/h1,3-4,7-8,13-14H,2,5-6,9-11H2/t13-,14+/m1/s1. The third kappa shape index (κ3) is 1.73. The second-order valence-corrected chi connectivity index (χ2v) is 5.87. The highest BCUT2D eigenvalue weighted by molar-refractivity contribution is 5.28. The molecule has 3 heteroatoms. The lowest BCUT2D eigenvalue weighted by Crippen LogP contribution is -2.54. The second kappa shape index (κ2) is 4.38. The fourth-order valence-corrected chi connectivity index (χ4v) is 4.11. The van der Waals surface area contributed by atoms with Crippen LogP contribution in [0.15, 0.2) is 30.3 Å². The molecule has 2 atom stereocenters. The first-order valence-electron chi connectivity index (χ1n) is 6.91. The SMILES string of the molecule is O=[N+]([O-])[C@@H]1CC2(CCCCC2)[C@H]1c1ccccc1. The summed E-state index contributed by atoms with van der Waals surface area (Å²) in [5, 5.41) is 11.2. The normalized spacial score (nSPS) is 29.8.